The van der Waals surface area contributed by atoms with Gasteiger partial charge < -0.3 is 19.7 Å². The average molecular weight is 563 g/mol. The summed E-state index contributed by atoms with van der Waals surface area (Å²) in [7, 11) is 2.11. The fourth-order valence-electron chi connectivity index (χ4n) is 4.79. The summed E-state index contributed by atoms with van der Waals surface area (Å²) < 4.78 is 85.3. The number of likely N-dealkylation sites (tertiary alicyclic amines) is 1. The molecule has 2 aliphatic heterocycles. The maximum atomic E-state index is 12.4. The lowest BCUT2D eigenvalue weighted by atomic mass is 10.0. The summed E-state index contributed by atoms with van der Waals surface area (Å²) in [5.74, 6) is 0.986. The van der Waals surface area contributed by atoms with E-state index < -0.39 is 23.5 Å². The number of alkyl halides is 6. The van der Waals surface area contributed by atoms with Crippen molar-refractivity contribution in [3.05, 3.63) is 59.7 Å². The van der Waals surface area contributed by atoms with Crippen molar-refractivity contribution in [1.29, 1.82) is 0 Å². The zero-order valence-electron chi connectivity index (χ0n) is 22.3. The second kappa shape index (κ2) is 14.8. The Morgan fingerprint density at radius 3 is 1.72 bits per heavy atom. The topological polar surface area (TPSA) is 33.7 Å². The molecular formula is C29H40F6N2O2. The highest BCUT2D eigenvalue weighted by Crippen LogP contribution is 2.31. The predicted octanol–water partition coefficient (Wildman–Crippen LogP) is 7.82. The Balaban J connectivity index is 0.000000274. The van der Waals surface area contributed by atoms with Crippen LogP contribution in [0.4, 0.5) is 26.3 Å². The summed E-state index contributed by atoms with van der Waals surface area (Å²) in [5.41, 5.74) is -1.29. The van der Waals surface area contributed by atoms with Crippen LogP contribution in [0.1, 0.15) is 63.9 Å². The predicted molar refractivity (Wildman–Crippen MR) is 141 cm³/mol. The molecule has 2 aliphatic rings. The van der Waals surface area contributed by atoms with Gasteiger partial charge in [-0.1, -0.05) is 12.8 Å². The minimum Gasteiger partial charge on any atom is -0.494 e. The molecule has 0 bridgehead atoms. The van der Waals surface area contributed by atoms with E-state index in [2.05, 4.69) is 17.3 Å². The van der Waals surface area contributed by atoms with Gasteiger partial charge in [0.05, 0.1) is 24.3 Å². The Morgan fingerprint density at radius 2 is 1.26 bits per heavy atom. The van der Waals surface area contributed by atoms with Crippen molar-refractivity contribution in [1.82, 2.24) is 10.2 Å². The van der Waals surface area contributed by atoms with Crippen LogP contribution in [0.3, 0.4) is 0 Å². The molecule has 2 heterocycles. The molecule has 0 saturated carbocycles. The lowest BCUT2D eigenvalue weighted by Gasteiger charge is -2.32. The maximum Gasteiger partial charge on any atom is 0.416 e. The smallest absolute Gasteiger partial charge is 0.416 e. The van der Waals surface area contributed by atoms with E-state index >= 15 is 0 Å². The van der Waals surface area contributed by atoms with Gasteiger partial charge in [-0.3, -0.25) is 0 Å². The number of nitrogens with zero attached hydrogens (tertiary/aromatic N) is 1. The fourth-order valence-corrected chi connectivity index (χ4v) is 4.79. The van der Waals surface area contributed by atoms with Crippen LogP contribution in [0.2, 0.25) is 0 Å². The highest BCUT2D eigenvalue weighted by atomic mass is 19.4. The molecule has 4 rings (SSSR count). The molecule has 0 radical (unpaired) electrons. The number of benzene rings is 2. The summed E-state index contributed by atoms with van der Waals surface area (Å²) in [5, 5.41) is 3.41. The molecule has 1 N–H and O–H groups in total. The Bertz CT molecular complexity index is 964. The van der Waals surface area contributed by atoms with Crippen LogP contribution in [0, 0.1) is 0 Å². The van der Waals surface area contributed by atoms with Crippen molar-refractivity contribution in [2.75, 3.05) is 33.4 Å². The quantitative estimate of drug-likeness (QED) is 0.333. The molecule has 2 atom stereocenters. The zero-order valence-corrected chi connectivity index (χ0v) is 22.3. The highest BCUT2D eigenvalue weighted by Gasteiger charge is 2.30. The van der Waals surface area contributed by atoms with Crippen LogP contribution in [0.5, 0.6) is 11.5 Å². The van der Waals surface area contributed by atoms with Crippen molar-refractivity contribution < 1.29 is 37.2 Å². The third-order valence-electron chi connectivity index (χ3n) is 7.15. The van der Waals surface area contributed by atoms with Crippen LogP contribution >= 0.6 is 0 Å². The first-order valence-corrected chi connectivity index (χ1v) is 13.6. The van der Waals surface area contributed by atoms with Gasteiger partial charge in [0.2, 0.25) is 0 Å². The van der Waals surface area contributed by atoms with Gasteiger partial charge >= 0.3 is 12.4 Å². The van der Waals surface area contributed by atoms with Crippen molar-refractivity contribution in [3.63, 3.8) is 0 Å². The van der Waals surface area contributed by atoms with Crippen LogP contribution in [-0.2, 0) is 12.4 Å². The Kier molecular flexibility index (Phi) is 11.8. The van der Waals surface area contributed by atoms with Crippen LogP contribution in [0.15, 0.2) is 48.5 Å². The normalized spacial score (nSPS) is 20.6. The van der Waals surface area contributed by atoms with E-state index in [0.29, 0.717) is 36.8 Å². The van der Waals surface area contributed by atoms with Crippen LogP contribution in [-0.4, -0.2) is 50.3 Å². The second-order valence-electron chi connectivity index (χ2n) is 10.1. The van der Waals surface area contributed by atoms with Gasteiger partial charge in [0.15, 0.2) is 0 Å². The third-order valence-corrected chi connectivity index (χ3v) is 7.15. The molecule has 0 aliphatic carbocycles. The monoisotopic (exact) mass is 562 g/mol. The fraction of sp³-hybridized carbons (Fsp3) is 0.586. The van der Waals surface area contributed by atoms with Crippen molar-refractivity contribution in [3.8, 4) is 11.5 Å². The molecule has 0 amide bonds. The van der Waals surface area contributed by atoms with E-state index in [9.17, 15) is 26.3 Å². The number of halogens is 6. The summed E-state index contributed by atoms with van der Waals surface area (Å²) in [6.45, 7) is 3.24. The minimum absolute atomic E-state index is 0. The molecule has 0 aromatic heterocycles. The molecule has 4 nitrogen and oxygen atoms in total. The van der Waals surface area contributed by atoms with Gasteiger partial charge in [0.25, 0.3) is 0 Å². The van der Waals surface area contributed by atoms with Crippen LogP contribution in [0.25, 0.3) is 0 Å². The Hall–Kier alpha value is -2.46. The Morgan fingerprint density at radius 1 is 0.744 bits per heavy atom. The lowest BCUT2D eigenvalue weighted by Crippen LogP contribution is -2.37. The second-order valence-corrected chi connectivity index (χ2v) is 10.1. The largest absolute Gasteiger partial charge is 0.494 e. The van der Waals surface area contributed by atoms with E-state index in [1.165, 1.54) is 56.4 Å². The van der Waals surface area contributed by atoms with Gasteiger partial charge in [-0.25, -0.2) is 0 Å². The minimum atomic E-state index is -4.29. The van der Waals surface area contributed by atoms with E-state index in [0.717, 1.165) is 56.6 Å². The first kappa shape index (κ1) is 31.1. The molecule has 10 heteroatoms. The summed E-state index contributed by atoms with van der Waals surface area (Å²) >= 11 is 0. The molecule has 2 unspecified atom stereocenters. The first-order valence-electron chi connectivity index (χ1n) is 13.6. The zero-order chi connectivity index (χ0) is 28.3. The number of hydrogen-bond donors (Lipinski definition) is 1. The van der Waals surface area contributed by atoms with E-state index in [1.54, 1.807) is 0 Å². The van der Waals surface area contributed by atoms with Gasteiger partial charge in [-0.15, -0.1) is 0 Å². The molecular weight excluding hydrogens is 522 g/mol. The van der Waals surface area contributed by atoms with Crippen molar-refractivity contribution in [2.24, 2.45) is 0 Å². The SMILES string of the molecule is CN1CCCCC1CCOc1ccc(C(F)(F)F)cc1.FC(F)(F)c1ccc(OCCC2CCCCN2)cc1.[HH]. The van der Waals surface area contributed by atoms with Gasteiger partial charge in [-0.05, 0) is 107 Å². The van der Waals surface area contributed by atoms with Gasteiger partial charge in [-0.2, -0.15) is 26.3 Å². The number of piperidine rings is 2. The molecule has 2 aromatic carbocycles. The summed E-state index contributed by atoms with van der Waals surface area (Å²) in [6.07, 6.45) is 0.492. The highest BCUT2D eigenvalue weighted by molar-refractivity contribution is 5.29. The molecule has 2 aromatic rings. The van der Waals surface area contributed by atoms with Gasteiger partial charge in [0, 0.05) is 13.5 Å². The molecule has 0 spiro atoms. The molecule has 39 heavy (non-hydrogen) atoms. The van der Waals surface area contributed by atoms with Crippen molar-refractivity contribution in [2.45, 2.75) is 75.8 Å². The van der Waals surface area contributed by atoms with E-state index in [4.69, 9.17) is 9.47 Å². The van der Waals surface area contributed by atoms with Crippen molar-refractivity contribution >= 4 is 0 Å². The van der Waals surface area contributed by atoms with E-state index in [1.807, 2.05) is 0 Å². The molecule has 2 saturated heterocycles. The Labute approximate surface area is 228 Å². The number of nitrogens with one attached hydrogen (secondary N) is 1. The first-order chi connectivity index (χ1) is 18.5. The molecule has 2 fully saturated rings. The summed E-state index contributed by atoms with van der Waals surface area (Å²) in [6, 6.07) is 10.7. The van der Waals surface area contributed by atoms with Crippen LogP contribution < -0.4 is 14.8 Å². The number of ether oxygens (including phenoxy) is 2. The van der Waals surface area contributed by atoms with E-state index in [-0.39, 0.29) is 1.43 Å². The average Bonchev–Trinajstić information content (AvgIpc) is 2.90. The number of hydrogen-bond acceptors (Lipinski definition) is 4. The maximum absolute atomic E-state index is 12.4. The number of rotatable bonds is 8. The standard InChI is InChI=1S/C15H20F3NO.C14H18F3NO.H2/c1-19-10-3-2-4-13(19)9-11-20-14-7-5-12(6-8-14)15(16,17)18;15-14(16,17)11-4-6-13(7-5-11)19-10-8-12-3-1-2-9-18-12;/h5-8,13H,2-4,9-11H2,1H3;4-7,12,18H,1-3,8-10H2;1H. The molecule has 220 valence electrons. The summed E-state index contributed by atoms with van der Waals surface area (Å²) in [4.78, 5) is 2.33. The van der Waals surface area contributed by atoms with Gasteiger partial charge in [0.1, 0.15) is 11.5 Å². The third kappa shape index (κ3) is 10.9. The lowest BCUT2D eigenvalue weighted by molar-refractivity contribution is -0.138.